The first-order valence-corrected chi connectivity index (χ1v) is 12.1. The van der Waals surface area contributed by atoms with Gasteiger partial charge in [-0.15, -0.1) is 0 Å². The molecule has 2 saturated heterocycles. The minimum Gasteiger partial charge on any atom is -0.491 e. The molecule has 2 aromatic carbocycles. The number of rotatable bonds is 7. The van der Waals surface area contributed by atoms with Crippen LogP contribution in [0.2, 0.25) is 0 Å². The molecule has 1 atom stereocenters. The number of ether oxygens (including phenoxy) is 2. The number of benzene rings is 2. The van der Waals surface area contributed by atoms with Crippen molar-refractivity contribution < 1.29 is 19.1 Å². The number of guanidine groups is 1. The maximum absolute atomic E-state index is 12.7. The van der Waals surface area contributed by atoms with E-state index in [2.05, 4.69) is 20.9 Å². The highest BCUT2D eigenvalue weighted by Gasteiger charge is 2.27. The number of anilines is 2. The topological polar surface area (TPSA) is 101 Å². The number of amides is 2. The van der Waals surface area contributed by atoms with Gasteiger partial charge in [-0.05, 0) is 73.9 Å². The highest BCUT2D eigenvalue weighted by Crippen LogP contribution is 2.44. The van der Waals surface area contributed by atoms with Crippen molar-refractivity contribution in [1.82, 2.24) is 10.6 Å². The van der Waals surface area contributed by atoms with Crippen LogP contribution in [-0.2, 0) is 9.53 Å². The van der Waals surface area contributed by atoms with Crippen LogP contribution in [-0.4, -0.2) is 43.6 Å². The largest absolute Gasteiger partial charge is 0.491 e. The lowest BCUT2D eigenvalue weighted by atomic mass is 10.0. The molecule has 1 unspecified atom stereocenters. The molecule has 8 nitrogen and oxygen atoms in total. The Labute approximate surface area is 199 Å². The average Bonchev–Trinajstić information content (AvgIpc) is 3.69. The Morgan fingerprint density at radius 1 is 1.15 bits per heavy atom. The fourth-order valence-corrected chi connectivity index (χ4v) is 4.26. The van der Waals surface area contributed by atoms with E-state index in [9.17, 15) is 9.59 Å². The lowest BCUT2D eigenvalue weighted by Gasteiger charge is -2.22. The highest BCUT2D eigenvalue weighted by atomic mass is 16.5. The SMILES string of the molecule is O=C1CCN/C(=N\C(=O)c2ccc(Nc3cccc(OCC4CCCCO4)c3)c(C3CC3)c2)N1. The minimum atomic E-state index is -0.376. The van der Waals surface area contributed by atoms with Gasteiger partial charge in [0.05, 0.1) is 6.10 Å². The monoisotopic (exact) mass is 462 g/mol. The van der Waals surface area contributed by atoms with E-state index in [4.69, 9.17) is 9.47 Å². The predicted octanol–water partition coefficient (Wildman–Crippen LogP) is 3.86. The molecule has 2 heterocycles. The maximum atomic E-state index is 12.7. The van der Waals surface area contributed by atoms with Crippen LogP contribution in [0.3, 0.4) is 0 Å². The number of nitrogens with one attached hydrogen (secondary N) is 3. The Balaban J connectivity index is 1.28. The molecule has 1 saturated carbocycles. The Morgan fingerprint density at radius 2 is 2.06 bits per heavy atom. The van der Waals surface area contributed by atoms with Crippen LogP contribution in [0.25, 0.3) is 0 Å². The van der Waals surface area contributed by atoms with Gasteiger partial charge < -0.3 is 20.1 Å². The van der Waals surface area contributed by atoms with E-state index < -0.39 is 0 Å². The number of nitrogens with zero attached hydrogens (tertiary/aromatic N) is 1. The number of aliphatic imine (C=N–C) groups is 1. The van der Waals surface area contributed by atoms with Gasteiger partial charge in [0.25, 0.3) is 5.91 Å². The Bertz CT molecular complexity index is 1090. The van der Waals surface area contributed by atoms with Crippen LogP contribution in [0.15, 0.2) is 47.5 Å². The summed E-state index contributed by atoms with van der Waals surface area (Å²) in [5.41, 5.74) is 3.51. The van der Waals surface area contributed by atoms with E-state index in [0.29, 0.717) is 31.1 Å². The van der Waals surface area contributed by atoms with Crippen LogP contribution in [0, 0.1) is 0 Å². The Hall–Kier alpha value is -3.39. The van der Waals surface area contributed by atoms with Gasteiger partial charge in [-0.1, -0.05) is 6.07 Å². The zero-order valence-electron chi connectivity index (χ0n) is 19.1. The zero-order chi connectivity index (χ0) is 23.3. The quantitative estimate of drug-likeness (QED) is 0.578. The molecular formula is C26H30N4O4. The number of hydrogen-bond donors (Lipinski definition) is 3. The second kappa shape index (κ2) is 10.3. The Kier molecular flexibility index (Phi) is 6.76. The van der Waals surface area contributed by atoms with Crippen molar-refractivity contribution in [2.75, 3.05) is 25.1 Å². The summed E-state index contributed by atoms with van der Waals surface area (Å²) in [5.74, 6) is 0.932. The van der Waals surface area contributed by atoms with Gasteiger partial charge >= 0.3 is 0 Å². The van der Waals surface area contributed by atoms with Crippen LogP contribution >= 0.6 is 0 Å². The first-order chi connectivity index (χ1) is 16.6. The number of carbonyl (C=O) groups excluding carboxylic acids is 2. The normalized spacial score (nSPS) is 21.5. The van der Waals surface area contributed by atoms with Crippen LogP contribution in [0.1, 0.15) is 60.4 Å². The van der Waals surface area contributed by atoms with Crippen molar-refractivity contribution in [2.45, 2.75) is 50.5 Å². The van der Waals surface area contributed by atoms with E-state index in [1.54, 1.807) is 6.07 Å². The molecule has 3 fully saturated rings. The van der Waals surface area contributed by atoms with E-state index in [1.165, 1.54) is 6.42 Å². The molecule has 5 rings (SSSR count). The molecule has 3 aliphatic rings. The van der Waals surface area contributed by atoms with Gasteiger partial charge in [0, 0.05) is 42.6 Å². The third-order valence-corrected chi connectivity index (χ3v) is 6.25. The summed E-state index contributed by atoms with van der Waals surface area (Å²) in [7, 11) is 0. The highest BCUT2D eigenvalue weighted by molar-refractivity contribution is 6.08. The lowest BCUT2D eigenvalue weighted by Crippen LogP contribution is -2.48. The zero-order valence-corrected chi connectivity index (χ0v) is 19.1. The molecule has 2 amide bonds. The molecule has 0 aromatic heterocycles. The molecule has 34 heavy (non-hydrogen) atoms. The standard InChI is InChI=1S/C26H30N4O4/c31-24-11-12-27-26(29-24)30-25(32)18-9-10-23(22(14-18)17-7-8-17)28-19-4-3-6-20(15-19)34-16-21-5-1-2-13-33-21/h3-4,6,9-10,14-15,17,21,28H,1-2,5,7-8,11-13,16H2,(H2,27,29,30,31,32). The molecule has 2 aromatic rings. The summed E-state index contributed by atoms with van der Waals surface area (Å²) in [6.45, 7) is 1.85. The average molecular weight is 463 g/mol. The molecule has 2 aliphatic heterocycles. The molecular weight excluding hydrogens is 432 g/mol. The first-order valence-electron chi connectivity index (χ1n) is 12.1. The van der Waals surface area contributed by atoms with Crippen molar-refractivity contribution in [3.8, 4) is 5.75 Å². The summed E-state index contributed by atoms with van der Waals surface area (Å²) in [5, 5.41) is 9.04. The lowest BCUT2D eigenvalue weighted by molar-refractivity contribution is -0.120. The second-order valence-corrected chi connectivity index (χ2v) is 9.02. The van der Waals surface area contributed by atoms with Crippen molar-refractivity contribution in [3.63, 3.8) is 0 Å². The smallest absolute Gasteiger partial charge is 0.280 e. The fraction of sp³-hybridized carbons (Fsp3) is 0.423. The van der Waals surface area contributed by atoms with Gasteiger partial charge in [0.1, 0.15) is 12.4 Å². The fourth-order valence-electron chi connectivity index (χ4n) is 4.26. The maximum Gasteiger partial charge on any atom is 0.280 e. The van der Waals surface area contributed by atoms with E-state index >= 15 is 0 Å². The summed E-state index contributed by atoms with van der Waals surface area (Å²) >= 11 is 0. The van der Waals surface area contributed by atoms with Gasteiger partial charge in [0.2, 0.25) is 11.9 Å². The van der Waals surface area contributed by atoms with Gasteiger partial charge in [-0.3, -0.25) is 14.9 Å². The summed E-state index contributed by atoms with van der Waals surface area (Å²) in [6.07, 6.45) is 6.10. The molecule has 0 radical (unpaired) electrons. The molecule has 178 valence electrons. The number of hydrogen-bond acceptors (Lipinski definition) is 5. The molecule has 8 heteroatoms. The minimum absolute atomic E-state index is 0.138. The molecule has 0 spiro atoms. The van der Waals surface area contributed by atoms with Crippen molar-refractivity contribution >= 4 is 29.1 Å². The van der Waals surface area contributed by atoms with Crippen molar-refractivity contribution in [3.05, 3.63) is 53.6 Å². The summed E-state index contributed by atoms with van der Waals surface area (Å²) in [6, 6.07) is 13.5. The second-order valence-electron chi connectivity index (χ2n) is 9.02. The van der Waals surface area contributed by atoms with E-state index in [0.717, 1.165) is 55.0 Å². The predicted molar refractivity (Wildman–Crippen MR) is 130 cm³/mol. The van der Waals surface area contributed by atoms with Gasteiger partial charge in [-0.2, -0.15) is 4.99 Å². The van der Waals surface area contributed by atoms with Gasteiger partial charge in [0.15, 0.2) is 0 Å². The van der Waals surface area contributed by atoms with E-state index in [-0.39, 0.29) is 23.9 Å². The van der Waals surface area contributed by atoms with Gasteiger partial charge in [-0.25, -0.2) is 0 Å². The Morgan fingerprint density at radius 3 is 2.85 bits per heavy atom. The van der Waals surface area contributed by atoms with Crippen LogP contribution < -0.4 is 20.7 Å². The molecule has 0 bridgehead atoms. The van der Waals surface area contributed by atoms with E-state index in [1.807, 2.05) is 36.4 Å². The molecule has 3 N–H and O–H groups in total. The number of carbonyl (C=O) groups is 2. The summed E-state index contributed by atoms with van der Waals surface area (Å²) < 4.78 is 11.7. The first kappa shape index (κ1) is 22.4. The van der Waals surface area contributed by atoms with Crippen LogP contribution in [0.4, 0.5) is 11.4 Å². The van der Waals surface area contributed by atoms with Crippen molar-refractivity contribution in [1.29, 1.82) is 0 Å². The van der Waals surface area contributed by atoms with Crippen LogP contribution in [0.5, 0.6) is 5.75 Å². The van der Waals surface area contributed by atoms with Crippen molar-refractivity contribution in [2.24, 2.45) is 4.99 Å². The third-order valence-electron chi connectivity index (χ3n) is 6.25. The summed E-state index contributed by atoms with van der Waals surface area (Å²) in [4.78, 5) is 28.3. The molecule has 1 aliphatic carbocycles. The third kappa shape index (κ3) is 5.75.